The molecule has 1 N–H and O–H groups in total. The molecule has 3 aromatic carbocycles. The maximum Gasteiger partial charge on any atom is 0.264 e. The molecule has 0 spiro atoms. The summed E-state index contributed by atoms with van der Waals surface area (Å²) in [7, 11) is -2.82. The molecular weight excluding hydrogens is 592 g/mol. The van der Waals surface area contributed by atoms with Crippen molar-refractivity contribution in [2.45, 2.75) is 31.3 Å². The summed E-state index contributed by atoms with van der Waals surface area (Å²) < 4.78 is 28.5. The van der Waals surface area contributed by atoms with Crippen molar-refractivity contribution in [1.29, 1.82) is 0 Å². The lowest BCUT2D eigenvalue weighted by Gasteiger charge is -2.32. The van der Waals surface area contributed by atoms with Gasteiger partial charge in [-0.1, -0.05) is 70.2 Å². The summed E-state index contributed by atoms with van der Waals surface area (Å²) in [4.78, 5) is 27.6. The summed E-state index contributed by atoms with van der Waals surface area (Å²) >= 11 is 25.0. The van der Waals surface area contributed by atoms with Gasteiger partial charge in [0, 0.05) is 39.2 Å². The molecule has 0 unspecified atom stereocenters. The third-order valence-corrected chi connectivity index (χ3v) is 8.76. The number of nitrogens with one attached hydrogen (secondary N) is 1. The van der Waals surface area contributed by atoms with Crippen LogP contribution >= 0.6 is 46.4 Å². The van der Waals surface area contributed by atoms with E-state index < -0.39 is 34.4 Å². The van der Waals surface area contributed by atoms with Crippen LogP contribution in [0.25, 0.3) is 0 Å². The maximum atomic E-state index is 13.8. The molecule has 2 amide bonds. The van der Waals surface area contributed by atoms with Gasteiger partial charge in [0.25, 0.3) is 10.0 Å². The van der Waals surface area contributed by atoms with Gasteiger partial charge in [-0.3, -0.25) is 13.9 Å². The second kappa shape index (κ2) is 12.6. The van der Waals surface area contributed by atoms with Crippen molar-refractivity contribution in [2.75, 3.05) is 17.9 Å². The third-order valence-electron chi connectivity index (χ3n) is 5.83. The Morgan fingerprint density at radius 3 is 2.00 bits per heavy atom. The van der Waals surface area contributed by atoms with E-state index in [-0.39, 0.29) is 27.2 Å². The summed E-state index contributed by atoms with van der Waals surface area (Å²) in [5.41, 5.74) is 1.36. The number of benzene rings is 3. The van der Waals surface area contributed by atoms with Crippen molar-refractivity contribution in [3.8, 4) is 0 Å². The van der Waals surface area contributed by atoms with Crippen LogP contribution in [0, 0.1) is 6.92 Å². The van der Waals surface area contributed by atoms with Crippen LogP contribution in [0.15, 0.2) is 65.6 Å². The minimum atomic E-state index is -4.26. The standard InChI is InChI=1S/C26H25Cl4N3O4S/c1-16-7-9-21(10-8-16)38(36,37)33(20-12-18(27)11-19(28)13-20)15-25(34)32(17(2)26(35)31-3)14-22-23(29)5-4-6-24(22)30/h4-13,17H,14-15H2,1-3H3,(H,31,35)/t17-/m0/s1. The van der Waals surface area contributed by atoms with Crippen LogP contribution in [0.3, 0.4) is 0 Å². The largest absolute Gasteiger partial charge is 0.357 e. The van der Waals surface area contributed by atoms with Gasteiger partial charge in [0.05, 0.1) is 10.6 Å². The molecule has 0 aliphatic carbocycles. The Labute approximate surface area is 242 Å². The fraction of sp³-hybridized carbons (Fsp3) is 0.231. The minimum Gasteiger partial charge on any atom is -0.357 e. The zero-order valence-corrected chi connectivity index (χ0v) is 24.6. The summed E-state index contributed by atoms with van der Waals surface area (Å²) in [5.74, 6) is -1.14. The molecule has 0 bridgehead atoms. The Morgan fingerprint density at radius 2 is 1.47 bits per heavy atom. The van der Waals surface area contributed by atoms with Crippen molar-refractivity contribution in [1.82, 2.24) is 10.2 Å². The Hall–Kier alpha value is -2.49. The van der Waals surface area contributed by atoms with Crippen LogP contribution in [0.5, 0.6) is 0 Å². The van der Waals surface area contributed by atoms with E-state index in [4.69, 9.17) is 46.4 Å². The van der Waals surface area contributed by atoms with Gasteiger partial charge in [0.2, 0.25) is 11.8 Å². The molecular formula is C26H25Cl4N3O4S. The first-order valence-electron chi connectivity index (χ1n) is 11.3. The molecule has 38 heavy (non-hydrogen) atoms. The summed E-state index contributed by atoms with van der Waals surface area (Å²) in [6.45, 7) is 2.56. The number of nitrogens with zero attached hydrogens (tertiary/aromatic N) is 2. The number of anilines is 1. The van der Waals surface area contributed by atoms with Crippen molar-refractivity contribution >= 4 is 73.9 Å². The third kappa shape index (κ3) is 6.93. The van der Waals surface area contributed by atoms with Crippen molar-refractivity contribution in [2.24, 2.45) is 0 Å². The molecule has 0 fully saturated rings. The topological polar surface area (TPSA) is 86.8 Å². The highest BCUT2D eigenvalue weighted by molar-refractivity contribution is 7.92. The van der Waals surface area contributed by atoms with E-state index in [0.29, 0.717) is 15.6 Å². The lowest BCUT2D eigenvalue weighted by atomic mass is 10.1. The van der Waals surface area contributed by atoms with Crippen molar-refractivity contribution in [3.63, 3.8) is 0 Å². The second-order valence-electron chi connectivity index (χ2n) is 8.46. The Bertz CT molecular complexity index is 1410. The Balaban J connectivity index is 2.10. The van der Waals surface area contributed by atoms with Gasteiger partial charge in [0.1, 0.15) is 12.6 Å². The number of carbonyl (C=O) groups excluding carboxylic acids is 2. The molecule has 3 rings (SSSR count). The number of likely N-dealkylation sites (N-methyl/N-ethyl adjacent to an activating group) is 1. The van der Waals surface area contributed by atoms with Gasteiger partial charge in [-0.2, -0.15) is 0 Å². The fourth-order valence-corrected chi connectivity index (χ4v) is 6.12. The van der Waals surface area contributed by atoms with E-state index in [1.54, 1.807) is 30.3 Å². The number of rotatable bonds is 9. The van der Waals surface area contributed by atoms with Crippen LogP contribution in [-0.2, 0) is 26.2 Å². The molecule has 202 valence electrons. The predicted octanol–water partition coefficient (Wildman–Crippen LogP) is 5.97. The predicted molar refractivity (Wildman–Crippen MR) is 153 cm³/mol. The van der Waals surface area contributed by atoms with Crippen LogP contribution in [0.4, 0.5) is 5.69 Å². The van der Waals surface area contributed by atoms with Gasteiger partial charge < -0.3 is 10.2 Å². The molecule has 0 saturated carbocycles. The molecule has 0 radical (unpaired) electrons. The first-order chi connectivity index (χ1) is 17.8. The second-order valence-corrected chi connectivity index (χ2v) is 12.0. The van der Waals surface area contributed by atoms with E-state index in [0.717, 1.165) is 9.87 Å². The highest BCUT2D eigenvalue weighted by Crippen LogP contribution is 2.31. The average Bonchev–Trinajstić information content (AvgIpc) is 2.85. The molecule has 0 saturated heterocycles. The lowest BCUT2D eigenvalue weighted by molar-refractivity contribution is -0.139. The molecule has 7 nitrogen and oxygen atoms in total. The maximum absolute atomic E-state index is 13.8. The zero-order chi connectivity index (χ0) is 28.2. The fourth-order valence-electron chi connectivity index (χ4n) is 3.69. The molecule has 12 heteroatoms. The van der Waals surface area contributed by atoms with Crippen molar-refractivity contribution in [3.05, 3.63) is 91.9 Å². The van der Waals surface area contributed by atoms with Crippen molar-refractivity contribution < 1.29 is 18.0 Å². The Morgan fingerprint density at radius 1 is 0.921 bits per heavy atom. The quantitative estimate of drug-likeness (QED) is 0.321. The minimum absolute atomic E-state index is 0.0351. The number of hydrogen-bond donors (Lipinski definition) is 1. The molecule has 0 aromatic heterocycles. The van der Waals surface area contributed by atoms with Crippen LogP contribution in [0.2, 0.25) is 20.1 Å². The number of hydrogen-bond acceptors (Lipinski definition) is 4. The first kappa shape index (κ1) is 30.1. The number of aryl methyl sites for hydroxylation is 1. The summed E-state index contributed by atoms with van der Waals surface area (Å²) in [6.07, 6.45) is 0. The first-order valence-corrected chi connectivity index (χ1v) is 14.3. The van der Waals surface area contributed by atoms with E-state index in [1.165, 1.54) is 49.2 Å². The number of amides is 2. The molecule has 0 heterocycles. The number of halogens is 4. The van der Waals surface area contributed by atoms with Gasteiger partial charge in [0.15, 0.2) is 0 Å². The molecule has 0 aliphatic rings. The Kier molecular flexibility index (Phi) is 9.95. The average molecular weight is 617 g/mol. The van der Waals surface area contributed by atoms with Crippen LogP contribution < -0.4 is 9.62 Å². The number of sulfonamides is 1. The molecule has 1 atom stereocenters. The van der Waals surface area contributed by atoms with Gasteiger partial charge in [-0.25, -0.2) is 8.42 Å². The zero-order valence-electron chi connectivity index (χ0n) is 20.7. The SMILES string of the molecule is CNC(=O)[C@H](C)N(Cc1c(Cl)cccc1Cl)C(=O)CN(c1cc(Cl)cc(Cl)c1)S(=O)(=O)c1ccc(C)cc1. The van der Waals surface area contributed by atoms with Gasteiger partial charge >= 0.3 is 0 Å². The van der Waals surface area contributed by atoms with Crippen LogP contribution in [-0.4, -0.2) is 44.8 Å². The van der Waals surface area contributed by atoms with Gasteiger partial charge in [-0.15, -0.1) is 0 Å². The monoisotopic (exact) mass is 615 g/mol. The van der Waals surface area contributed by atoms with Crippen LogP contribution in [0.1, 0.15) is 18.1 Å². The smallest absolute Gasteiger partial charge is 0.264 e. The molecule has 0 aliphatic heterocycles. The molecule has 3 aromatic rings. The van der Waals surface area contributed by atoms with Gasteiger partial charge in [-0.05, 0) is 56.3 Å². The highest BCUT2D eigenvalue weighted by atomic mass is 35.5. The number of carbonyl (C=O) groups is 2. The summed E-state index contributed by atoms with van der Waals surface area (Å²) in [6, 6.07) is 14.3. The van der Waals surface area contributed by atoms with E-state index in [9.17, 15) is 18.0 Å². The normalized spacial score (nSPS) is 12.1. The highest BCUT2D eigenvalue weighted by Gasteiger charge is 2.33. The van der Waals surface area contributed by atoms with E-state index in [2.05, 4.69) is 5.32 Å². The van der Waals surface area contributed by atoms with E-state index in [1.807, 2.05) is 6.92 Å². The lowest BCUT2D eigenvalue weighted by Crippen LogP contribution is -2.50. The summed E-state index contributed by atoms with van der Waals surface area (Å²) in [5, 5.41) is 3.47. The van der Waals surface area contributed by atoms with E-state index >= 15 is 0 Å².